The van der Waals surface area contributed by atoms with Crippen LogP contribution < -0.4 is 10.2 Å². The number of fused-ring (bicyclic) bond motifs is 1. The summed E-state index contributed by atoms with van der Waals surface area (Å²) < 4.78 is 7.60. The number of nitrogens with one attached hydrogen (secondary N) is 1. The third-order valence-corrected chi connectivity index (χ3v) is 6.93. The van der Waals surface area contributed by atoms with Crippen molar-refractivity contribution in [3.63, 3.8) is 0 Å². The SMILES string of the molecule is CC(NC(=O)CSc1nnc(N2CCCC2)n1Cc1ccco1)c1ccc2ccccc2c1. The Morgan fingerprint density at radius 3 is 2.70 bits per heavy atom. The number of anilines is 1. The molecular formula is C25H27N5O2S. The zero-order valence-electron chi connectivity index (χ0n) is 18.6. The number of nitrogens with zero attached hydrogens (tertiary/aromatic N) is 4. The molecule has 0 aliphatic carbocycles. The van der Waals surface area contributed by atoms with E-state index in [9.17, 15) is 4.79 Å². The molecule has 2 aromatic carbocycles. The van der Waals surface area contributed by atoms with E-state index in [1.807, 2.05) is 31.2 Å². The highest BCUT2D eigenvalue weighted by Gasteiger charge is 2.22. The van der Waals surface area contributed by atoms with E-state index in [2.05, 4.69) is 55.3 Å². The molecule has 1 saturated heterocycles. The van der Waals surface area contributed by atoms with E-state index in [0.29, 0.717) is 6.54 Å². The van der Waals surface area contributed by atoms with Crippen molar-refractivity contribution >= 4 is 34.4 Å². The van der Waals surface area contributed by atoms with Gasteiger partial charge in [-0.15, -0.1) is 10.2 Å². The largest absolute Gasteiger partial charge is 0.467 e. The molecule has 3 heterocycles. The minimum absolute atomic E-state index is 0.0315. The van der Waals surface area contributed by atoms with E-state index >= 15 is 0 Å². The quantitative estimate of drug-likeness (QED) is 0.385. The molecule has 0 saturated carbocycles. The van der Waals surface area contributed by atoms with Crippen molar-refractivity contribution in [1.29, 1.82) is 0 Å². The van der Waals surface area contributed by atoms with E-state index < -0.39 is 0 Å². The maximum absolute atomic E-state index is 12.7. The molecule has 33 heavy (non-hydrogen) atoms. The van der Waals surface area contributed by atoms with E-state index in [0.717, 1.165) is 48.4 Å². The number of furan rings is 1. The fourth-order valence-corrected chi connectivity index (χ4v) is 4.95. The first-order chi connectivity index (χ1) is 16.2. The number of carbonyl (C=O) groups is 1. The predicted molar refractivity (Wildman–Crippen MR) is 131 cm³/mol. The maximum atomic E-state index is 12.7. The van der Waals surface area contributed by atoms with E-state index in [4.69, 9.17) is 4.42 Å². The summed E-state index contributed by atoms with van der Waals surface area (Å²) in [7, 11) is 0. The van der Waals surface area contributed by atoms with Crippen LogP contribution in [0.4, 0.5) is 5.95 Å². The Hall–Kier alpha value is -3.26. The van der Waals surface area contributed by atoms with Crippen molar-refractivity contribution in [2.45, 2.75) is 37.5 Å². The predicted octanol–water partition coefficient (Wildman–Crippen LogP) is 4.64. The lowest BCUT2D eigenvalue weighted by Gasteiger charge is -2.18. The van der Waals surface area contributed by atoms with Gasteiger partial charge in [-0.3, -0.25) is 9.36 Å². The average Bonchev–Trinajstić information content (AvgIpc) is 3.60. The summed E-state index contributed by atoms with van der Waals surface area (Å²) in [5, 5.41) is 15.0. The fourth-order valence-electron chi connectivity index (χ4n) is 4.21. The number of carbonyl (C=O) groups excluding carboxylic acids is 1. The lowest BCUT2D eigenvalue weighted by Crippen LogP contribution is -2.28. The molecular weight excluding hydrogens is 434 g/mol. The van der Waals surface area contributed by atoms with E-state index in [1.54, 1.807) is 6.26 Å². The van der Waals surface area contributed by atoms with Gasteiger partial charge in [0.25, 0.3) is 0 Å². The summed E-state index contributed by atoms with van der Waals surface area (Å²) in [5.74, 6) is 1.92. The molecule has 0 bridgehead atoms. The van der Waals surface area contributed by atoms with Crippen molar-refractivity contribution < 1.29 is 9.21 Å². The van der Waals surface area contributed by atoms with Crippen LogP contribution in [0.2, 0.25) is 0 Å². The van der Waals surface area contributed by atoms with Gasteiger partial charge in [0.2, 0.25) is 11.9 Å². The number of benzene rings is 2. The summed E-state index contributed by atoms with van der Waals surface area (Å²) >= 11 is 1.41. The van der Waals surface area contributed by atoms with Crippen molar-refractivity contribution in [2.24, 2.45) is 0 Å². The summed E-state index contributed by atoms with van der Waals surface area (Å²) in [4.78, 5) is 15.0. The second-order valence-corrected chi connectivity index (χ2v) is 9.27. The molecule has 0 radical (unpaired) electrons. The molecule has 0 spiro atoms. The number of amides is 1. The monoisotopic (exact) mass is 461 g/mol. The molecule has 1 atom stereocenters. The van der Waals surface area contributed by atoms with Crippen LogP contribution in [0, 0.1) is 0 Å². The summed E-state index contributed by atoms with van der Waals surface area (Å²) in [6, 6.07) is 18.3. The molecule has 2 aromatic heterocycles. The van der Waals surface area contributed by atoms with Crippen LogP contribution >= 0.6 is 11.8 Å². The van der Waals surface area contributed by atoms with Crippen LogP contribution in [0.5, 0.6) is 0 Å². The fraction of sp³-hybridized carbons (Fsp3) is 0.320. The molecule has 7 nitrogen and oxygen atoms in total. The second-order valence-electron chi connectivity index (χ2n) is 8.33. The van der Waals surface area contributed by atoms with E-state index in [-0.39, 0.29) is 17.7 Å². The van der Waals surface area contributed by atoms with Gasteiger partial charge in [-0.25, -0.2) is 0 Å². The van der Waals surface area contributed by atoms with Gasteiger partial charge < -0.3 is 14.6 Å². The van der Waals surface area contributed by atoms with Gasteiger partial charge in [0.05, 0.1) is 24.6 Å². The van der Waals surface area contributed by atoms with E-state index in [1.165, 1.54) is 22.5 Å². The molecule has 8 heteroatoms. The van der Waals surface area contributed by atoms with Crippen LogP contribution in [0.15, 0.2) is 70.4 Å². The van der Waals surface area contributed by atoms with Gasteiger partial charge in [0.15, 0.2) is 5.16 Å². The van der Waals surface area contributed by atoms with Gasteiger partial charge in [-0.05, 0) is 54.3 Å². The second kappa shape index (κ2) is 9.70. The van der Waals surface area contributed by atoms with Gasteiger partial charge in [-0.1, -0.05) is 48.2 Å². The molecule has 1 N–H and O–H groups in total. The number of aromatic nitrogens is 3. The Labute approximate surface area is 197 Å². The van der Waals surface area contributed by atoms with Crippen LogP contribution in [0.1, 0.15) is 37.1 Å². The van der Waals surface area contributed by atoms with Gasteiger partial charge >= 0.3 is 0 Å². The smallest absolute Gasteiger partial charge is 0.230 e. The van der Waals surface area contributed by atoms with Gasteiger partial charge in [0, 0.05) is 13.1 Å². The molecule has 1 aliphatic heterocycles. The van der Waals surface area contributed by atoms with Crippen LogP contribution in [0.3, 0.4) is 0 Å². The lowest BCUT2D eigenvalue weighted by atomic mass is 10.0. The molecule has 1 amide bonds. The molecule has 4 aromatic rings. The normalized spacial score (nSPS) is 14.6. The van der Waals surface area contributed by atoms with Crippen molar-refractivity contribution in [2.75, 3.05) is 23.7 Å². The first kappa shape index (κ1) is 21.6. The third-order valence-electron chi connectivity index (χ3n) is 5.96. The highest BCUT2D eigenvalue weighted by Crippen LogP contribution is 2.26. The van der Waals surface area contributed by atoms with Crippen molar-refractivity contribution in [3.8, 4) is 0 Å². The molecule has 1 aliphatic rings. The minimum Gasteiger partial charge on any atom is -0.467 e. The number of thioether (sulfide) groups is 1. The van der Waals surface area contributed by atoms with Gasteiger partial charge in [-0.2, -0.15) is 0 Å². The van der Waals surface area contributed by atoms with Crippen LogP contribution in [-0.4, -0.2) is 39.5 Å². The average molecular weight is 462 g/mol. The number of hydrogen-bond donors (Lipinski definition) is 1. The molecule has 1 fully saturated rings. The first-order valence-corrected chi connectivity index (χ1v) is 12.3. The highest BCUT2D eigenvalue weighted by molar-refractivity contribution is 7.99. The standard InChI is InChI=1S/C25H27N5O2S/c1-18(20-11-10-19-7-2-3-8-21(19)15-20)26-23(31)17-33-25-28-27-24(29-12-4-5-13-29)30(25)16-22-9-6-14-32-22/h2-3,6-11,14-15,18H,4-5,12-13,16-17H2,1H3,(H,26,31). The maximum Gasteiger partial charge on any atom is 0.230 e. The Morgan fingerprint density at radius 2 is 1.91 bits per heavy atom. The Bertz CT molecular complexity index is 1230. The van der Waals surface area contributed by atoms with Crippen molar-refractivity contribution in [3.05, 3.63) is 72.2 Å². The molecule has 1 unspecified atom stereocenters. The zero-order chi connectivity index (χ0) is 22.6. The zero-order valence-corrected chi connectivity index (χ0v) is 19.4. The van der Waals surface area contributed by atoms with Crippen LogP contribution in [0.25, 0.3) is 10.8 Å². The number of hydrogen-bond acceptors (Lipinski definition) is 6. The molecule has 170 valence electrons. The molecule has 5 rings (SSSR count). The summed E-state index contributed by atoms with van der Waals surface area (Å²) in [6.07, 6.45) is 3.99. The third kappa shape index (κ3) is 4.90. The summed E-state index contributed by atoms with van der Waals surface area (Å²) in [5.41, 5.74) is 1.09. The van der Waals surface area contributed by atoms with Crippen molar-refractivity contribution in [1.82, 2.24) is 20.1 Å². The lowest BCUT2D eigenvalue weighted by molar-refractivity contribution is -0.119. The highest BCUT2D eigenvalue weighted by atomic mass is 32.2. The summed E-state index contributed by atoms with van der Waals surface area (Å²) in [6.45, 7) is 4.51. The number of rotatable bonds is 8. The topological polar surface area (TPSA) is 76.2 Å². The Balaban J connectivity index is 1.25. The first-order valence-electron chi connectivity index (χ1n) is 11.3. The minimum atomic E-state index is -0.0798. The van der Waals surface area contributed by atoms with Crippen LogP contribution in [-0.2, 0) is 11.3 Å². The Morgan fingerprint density at radius 1 is 1.09 bits per heavy atom. The Kier molecular flexibility index (Phi) is 6.35. The van der Waals surface area contributed by atoms with Gasteiger partial charge in [0.1, 0.15) is 5.76 Å².